The third-order valence-electron chi connectivity index (χ3n) is 2.86. The van der Waals surface area contributed by atoms with Crippen molar-refractivity contribution >= 4 is 23.2 Å². The molecule has 0 fully saturated rings. The highest BCUT2D eigenvalue weighted by atomic mass is 35.5. The summed E-state index contributed by atoms with van der Waals surface area (Å²) in [5, 5.41) is 10.3. The molecule has 0 bridgehead atoms. The van der Waals surface area contributed by atoms with E-state index in [-0.39, 0.29) is 5.92 Å². The lowest BCUT2D eigenvalue weighted by Crippen LogP contribution is -2.02. The summed E-state index contributed by atoms with van der Waals surface area (Å²) in [6.45, 7) is 0. The zero-order valence-corrected chi connectivity index (χ0v) is 11.1. The fraction of sp³-hybridized carbons (Fsp3) is 0.133. The molecule has 0 aliphatic rings. The Morgan fingerprint density at radius 3 is 1.72 bits per heavy atom. The molecule has 0 aliphatic heterocycles. The van der Waals surface area contributed by atoms with Crippen LogP contribution in [0.25, 0.3) is 0 Å². The number of benzene rings is 2. The molecule has 0 heterocycles. The van der Waals surface area contributed by atoms with Gasteiger partial charge in [-0.05, 0) is 23.3 Å². The molecule has 0 N–H and O–H groups in total. The maximum Gasteiger partial charge on any atom is 0.0631 e. The van der Waals surface area contributed by atoms with Crippen LogP contribution in [0.3, 0.4) is 0 Å². The first kappa shape index (κ1) is 13.0. The summed E-state index contributed by atoms with van der Waals surface area (Å²) in [4.78, 5) is 0. The van der Waals surface area contributed by atoms with Gasteiger partial charge in [-0.15, -0.1) is 0 Å². The topological polar surface area (TPSA) is 23.8 Å². The van der Waals surface area contributed by atoms with Gasteiger partial charge in [0.15, 0.2) is 0 Å². The molecule has 0 saturated carbocycles. The SMILES string of the molecule is N#CCC(c1ccccc1Cl)c1ccccc1Cl. The Morgan fingerprint density at radius 1 is 0.889 bits per heavy atom. The summed E-state index contributed by atoms with van der Waals surface area (Å²) in [6, 6.07) is 17.3. The largest absolute Gasteiger partial charge is 0.198 e. The molecule has 2 aromatic rings. The van der Waals surface area contributed by atoms with Crippen molar-refractivity contribution in [2.24, 2.45) is 0 Å². The maximum absolute atomic E-state index is 9.00. The maximum atomic E-state index is 9.00. The van der Waals surface area contributed by atoms with Gasteiger partial charge in [-0.1, -0.05) is 59.6 Å². The molecule has 2 aromatic carbocycles. The van der Waals surface area contributed by atoms with Crippen molar-refractivity contribution in [2.45, 2.75) is 12.3 Å². The summed E-state index contributed by atoms with van der Waals surface area (Å²) in [5.41, 5.74) is 1.88. The van der Waals surface area contributed by atoms with Gasteiger partial charge in [0, 0.05) is 22.4 Å². The lowest BCUT2D eigenvalue weighted by atomic mass is 9.89. The fourth-order valence-corrected chi connectivity index (χ4v) is 2.53. The highest BCUT2D eigenvalue weighted by Crippen LogP contribution is 2.35. The standard InChI is InChI=1S/C15H11Cl2N/c16-14-7-3-1-5-12(14)11(9-10-18)13-6-2-4-8-15(13)17/h1-8,11H,9H2. The molecule has 90 valence electrons. The second-order valence-electron chi connectivity index (χ2n) is 3.96. The molecule has 2 rings (SSSR count). The van der Waals surface area contributed by atoms with E-state index in [1.54, 1.807) is 0 Å². The highest BCUT2D eigenvalue weighted by Gasteiger charge is 2.18. The minimum absolute atomic E-state index is 0.0857. The van der Waals surface area contributed by atoms with E-state index < -0.39 is 0 Å². The minimum atomic E-state index is -0.0857. The van der Waals surface area contributed by atoms with Crippen LogP contribution < -0.4 is 0 Å². The quantitative estimate of drug-likeness (QED) is 0.770. The summed E-state index contributed by atoms with van der Waals surface area (Å²) in [7, 11) is 0. The average Bonchev–Trinajstić information content (AvgIpc) is 2.38. The van der Waals surface area contributed by atoms with Gasteiger partial charge < -0.3 is 0 Å². The number of nitriles is 1. The molecule has 0 spiro atoms. The third kappa shape index (κ3) is 2.67. The molecule has 0 saturated heterocycles. The van der Waals surface area contributed by atoms with Crippen LogP contribution in [0.4, 0.5) is 0 Å². The van der Waals surface area contributed by atoms with Crippen molar-refractivity contribution in [3.63, 3.8) is 0 Å². The molecule has 0 amide bonds. The van der Waals surface area contributed by atoms with Crippen LogP contribution >= 0.6 is 23.2 Å². The van der Waals surface area contributed by atoms with E-state index in [0.29, 0.717) is 16.5 Å². The van der Waals surface area contributed by atoms with E-state index in [4.69, 9.17) is 28.5 Å². The predicted octanol–water partition coefficient (Wildman–Crippen LogP) is 5.04. The van der Waals surface area contributed by atoms with Gasteiger partial charge in [0.25, 0.3) is 0 Å². The van der Waals surface area contributed by atoms with Crippen molar-refractivity contribution in [3.05, 3.63) is 69.7 Å². The number of rotatable bonds is 3. The second kappa shape index (κ2) is 5.91. The molecule has 0 atom stereocenters. The smallest absolute Gasteiger partial charge is 0.0631 e. The van der Waals surface area contributed by atoms with Gasteiger partial charge in [-0.3, -0.25) is 0 Å². The molecule has 0 aliphatic carbocycles. The Hall–Kier alpha value is -1.49. The Kier molecular flexibility index (Phi) is 4.25. The zero-order valence-electron chi connectivity index (χ0n) is 9.61. The molecule has 1 nitrogen and oxygen atoms in total. The summed E-state index contributed by atoms with van der Waals surface area (Å²) in [5.74, 6) is -0.0857. The predicted molar refractivity (Wildman–Crippen MR) is 75.0 cm³/mol. The van der Waals surface area contributed by atoms with Crippen LogP contribution in [-0.4, -0.2) is 0 Å². The zero-order chi connectivity index (χ0) is 13.0. The van der Waals surface area contributed by atoms with Gasteiger partial charge >= 0.3 is 0 Å². The molecular formula is C15H11Cl2N. The Morgan fingerprint density at radius 2 is 1.33 bits per heavy atom. The number of hydrogen-bond acceptors (Lipinski definition) is 1. The summed E-state index contributed by atoms with van der Waals surface area (Å²) < 4.78 is 0. The first-order valence-corrected chi connectivity index (χ1v) is 6.35. The lowest BCUT2D eigenvalue weighted by Gasteiger charge is -2.17. The van der Waals surface area contributed by atoms with Crippen LogP contribution in [0.5, 0.6) is 0 Å². The molecule has 0 radical (unpaired) electrons. The Labute approximate surface area is 117 Å². The highest BCUT2D eigenvalue weighted by molar-refractivity contribution is 6.32. The van der Waals surface area contributed by atoms with Crippen molar-refractivity contribution in [1.29, 1.82) is 5.26 Å². The number of hydrogen-bond donors (Lipinski definition) is 0. The van der Waals surface area contributed by atoms with E-state index in [1.807, 2.05) is 48.5 Å². The molecule has 3 heteroatoms. The normalized spacial score (nSPS) is 10.3. The van der Waals surface area contributed by atoms with Crippen LogP contribution in [0, 0.1) is 11.3 Å². The van der Waals surface area contributed by atoms with Gasteiger partial charge in [0.05, 0.1) is 6.07 Å². The minimum Gasteiger partial charge on any atom is -0.198 e. The summed E-state index contributed by atoms with van der Waals surface area (Å²) >= 11 is 12.4. The van der Waals surface area contributed by atoms with Gasteiger partial charge in [0.1, 0.15) is 0 Å². The van der Waals surface area contributed by atoms with E-state index in [1.165, 1.54) is 0 Å². The van der Waals surface area contributed by atoms with Crippen LogP contribution in [0.1, 0.15) is 23.5 Å². The molecule has 0 unspecified atom stereocenters. The lowest BCUT2D eigenvalue weighted by molar-refractivity contribution is 0.839. The second-order valence-corrected chi connectivity index (χ2v) is 4.77. The number of nitrogens with zero attached hydrogens (tertiary/aromatic N) is 1. The van der Waals surface area contributed by atoms with Gasteiger partial charge in [-0.2, -0.15) is 5.26 Å². The van der Waals surface area contributed by atoms with Crippen molar-refractivity contribution in [3.8, 4) is 6.07 Å². The van der Waals surface area contributed by atoms with E-state index >= 15 is 0 Å². The first-order valence-electron chi connectivity index (χ1n) is 5.60. The third-order valence-corrected chi connectivity index (χ3v) is 3.55. The van der Waals surface area contributed by atoms with Gasteiger partial charge in [-0.25, -0.2) is 0 Å². The van der Waals surface area contributed by atoms with Crippen LogP contribution in [0.2, 0.25) is 10.0 Å². The molecule has 18 heavy (non-hydrogen) atoms. The first-order chi connectivity index (χ1) is 8.74. The van der Waals surface area contributed by atoms with E-state index in [2.05, 4.69) is 6.07 Å². The van der Waals surface area contributed by atoms with Gasteiger partial charge in [0.2, 0.25) is 0 Å². The average molecular weight is 276 g/mol. The summed E-state index contributed by atoms with van der Waals surface area (Å²) in [6.07, 6.45) is 0.355. The van der Waals surface area contributed by atoms with Crippen LogP contribution in [-0.2, 0) is 0 Å². The fourth-order valence-electron chi connectivity index (χ4n) is 1.99. The van der Waals surface area contributed by atoms with Crippen LogP contribution in [0.15, 0.2) is 48.5 Å². The Balaban J connectivity index is 2.51. The number of halogens is 2. The Bertz CT molecular complexity index is 542. The van der Waals surface area contributed by atoms with E-state index in [9.17, 15) is 0 Å². The molecular weight excluding hydrogens is 265 g/mol. The molecule has 0 aromatic heterocycles. The van der Waals surface area contributed by atoms with Crippen molar-refractivity contribution in [2.75, 3.05) is 0 Å². The van der Waals surface area contributed by atoms with Crippen molar-refractivity contribution in [1.82, 2.24) is 0 Å². The monoisotopic (exact) mass is 275 g/mol. The van der Waals surface area contributed by atoms with E-state index in [0.717, 1.165) is 11.1 Å². The van der Waals surface area contributed by atoms with Crippen molar-refractivity contribution < 1.29 is 0 Å².